The van der Waals surface area contributed by atoms with Crippen LogP contribution in [0, 0.1) is 13.8 Å². The van der Waals surface area contributed by atoms with Gasteiger partial charge in [-0.15, -0.1) is 0 Å². The fourth-order valence-corrected chi connectivity index (χ4v) is 5.20. The zero-order valence-electron chi connectivity index (χ0n) is 25.9. The SMILES string of the molecule is CC.CC1=NC=CC(CN2CCN(C(=O)N(C)C)CC2)=CC1.Cc1ccc(N(C)c2ccc3nc(C)sc3n2)cc1. The van der Waals surface area contributed by atoms with E-state index in [1.165, 1.54) is 11.1 Å². The van der Waals surface area contributed by atoms with E-state index in [0.717, 1.165) is 71.7 Å². The molecule has 0 N–H and O–H groups in total. The first-order valence-corrected chi connectivity index (χ1v) is 15.1. The zero-order valence-corrected chi connectivity index (χ0v) is 26.7. The molecular weight excluding hydrogens is 530 g/mol. The number of aryl methyl sites for hydroxylation is 2. The lowest BCUT2D eigenvalue weighted by Crippen LogP contribution is -2.51. The van der Waals surface area contributed by atoms with E-state index in [1.807, 2.05) is 51.1 Å². The van der Waals surface area contributed by atoms with Gasteiger partial charge < -0.3 is 14.7 Å². The predicted octanol–water partition coefficient (Wildman–Crippen LogP) is 6.69. The number of hydrogen-bond donors (Lipinski definition) is 0. The van der Waals surface area contributed by atoms with Gasteiger partial charge in [-0.1, -0.05) is 49.0 Å². The van der Waals surface area contributed by atoms with Crippen LogP contribution in [0.25, 0.3) is 10.3 Å². The van der Waals surface area contributed by atoms with Crippen LogP contribution in [0.3, 0.4) is 0 Å². The molecule has 2 amide bonds. The second kappa shape index (κ2) is 15.4. The third-order valence-electron chi connectivity index (χ3n) is 6.79. The van der Waals surface area contributed by atoms with Gasteiger partial charge in [0, 0.05) is 77.9 Å². The number of thiazole rings is 1. The van der Waals surface area contributed by atoms with Crippen LogP contribution in [0.1, 0.15) is 37.8 Å². The molecule has 9 heteroatoms. The first kappa shape index (κ1) is 32.0. The number of urea groups is 1. The molecule has 8 nitrogen and oxygen atoms in total. The molecule has 0 saturated carbocycles. The molecule has 2 aliphatic rings. The summed E-state index contributed by atoms with van der Waals surface area (Å²) >= 11 is 1.63. The summed E-state index contributed by atoms with van der Waals surface area (Å²) in [6.07, 6.45) is 7.16. The van der Waals surface area contributed by atoms with Crippen LogP contribution < -0.4 is 4.90 Å². The standard InChI is InChI=1S/C15H24N4O.C15H15N3S.C2H6/c1-13-4-5-14(6-7-16-13)12-18-8-10-19(11-9-18)15(20)17(2)3;1-10-4-6-12(7-5-10)18(3)14-9-8-13-15(17-14)19-11(2)16-13;1-2/h5-7H,4,8-12H2,1-3H3;4-9H,1-3H3;1-2H3. The third-order valence-corrected chi connectivity index (χ3v) is 7.67. The highest BCUT2D eigenvalue weighted by Gasteiger charge is 2.22. The summed E-state index contributed by atoms with van der Waals surface area (Å²) in [6, 6.07) is 12.6. The number of nitrogens with zero attached hydrogens (tertiary/aromatic N) is 7. The predicted molar refractivity (Wildman–Crippen MR) is 175 cm³/mol. The number of allylic oxidation sites excluding steroid dienone is 1. The highest BCUT2D eigenvalue weighted by Crippen LogP contribution is 2.26. The van der Waals surface area contributed by atoms with Gasteiger partial charge >= 0.3 is 6.03 Å². The second-order valence-corrected chi connectivity index (χ2v) is 11.4. The number of aliphatic imine (C=N–C) groups is 1. The lowest BCUT2D eigenvalue weighted by molar-refractivity contribution is 0.128. The molecule has 41 heavy (non-hydrogen) atoms. The largest absolute Gasteiger partial charge is 0.331 e. The summed E-state index contributed by atoms with van der Waals surface area (Å²) < 4.78 is 0. The topological polar surface area (TPSA) is 68.2 Å². The molecule has 220 valence electrons. The van der Waals surface area contributed by atoms with Crippen LogP contribution in [0.2, 0.25) is 0 Å². The van der Waals surface area contributed by atoms with Gasteiger partial charge in [-0.05, 0) is 56.7 Å². The number of pyridine rings is 1. The molecule has 4 heterocycles. The minimum absolute atomic E-state index is 0.113. The summed E-state index contributed by atoms with van der Waals surface area (Å²) in [4.78, 5) is 34.4. The number of piperazine rings is 1. The summed E-state index contributed by atoms with van der Waals surface area (Å²) in [6.45, 7) is 14.6. The number of carbonyl (C=O) groups excluding carboxylic acids is 1. The number of benzene rings is 1. The van der Waals surface area contributed by atoms with Gasteiger partial charge in [0.2, 0.25) is 0 Å². The third kappa shape index (κ3) is 9.23. The van der Waals surface area contributed by atoms with Gasteiger partial charge in [0.15, 0.2) is 0 Å². The maximum absolute atomic E-state index is 11.9. The summed E-state index contributed by atoms with van der Waals surface area (Å²) in [5.74, 6) is 0.944. The molecule has 5 rings (SSSR count). The minimum atomic E-state index is 0.113. The lowest BCUT2D eigenvalue weighted by atomic mass is 10.1. The smallest absolute Gasteiger partial charge is 0.319 e. The molecule has 1 aromatic carbocycles. The normalized spacial score (nSPS) is 15.1. The molecule has 0 atom stereocenters. The Morgan fingerprint density at radius 2 is 1.61 bits per heavy atom. The average molecular weight is 576 g/mol. The van der Waals surface area contributed by atoms with Crippen molar-refractivity contribution in [2.24, 2.45) is 4.99 Å². The van der Waals surface area contributed by atoms with Gasteiger partial charge in [-0.2, -0.15) is 0 Å². The molecule has 2 aromatic heterocycles. The van der Waals surface area contributed by atoms with Crippen molar-refractivity contribution in [2.45, 2.75) is 41.0 Å². The Bertz CT molecular complexity index is 1370. The first-order valence-electron chi connectivity index (χ1n) is 14.3. The summed E-state index contributed by atoms with van der Waals surface area (Å²) in [7, 11) is 5.64. The Balaban J connectivity index is 0.000000213. The molecule has 0 radical (unpaired) electrons. The van der Waals surface area contributed by atoms with E-state index < -0.39 is 0 Å². The van der Waals surface area contributed by atoms with Crippen LogP contribution in [0.4, 0.5) is 16.3 Å². The summed E-state index contributed by atoms with van der Waals surface area (Å²) in [5, 5.41) is 1.05. The number of aromatic nitrogens is 2. The molecule has 3 aromatic rings. The van der Waals surface area contributed by atoms with Gasteiger partial charge in [-0.3, -0.25) is 9.89 Å². The Labute approximate surface area is 249 Å². The van der Waals surface area contributed by atoms with Crippen LogP contribution >= 0.6 is 11.3 Å². The van der Waals surface area contributed by atoms with Crippen molar-refractivity contribution in [3.05, 3.63) is 70.9 Å². The number of amides is 2. The van der Waals surface area contributed by atoms with Crippen molar-refractivity contribution in [1.29, 1.82) is 0 Å². The number of rotatable bonds is 4. The molecular formula is C32H45N7OS. The van der Waals surface area contributed by atoms with E-state index in [4.69, 9.17) is 0 Å². The van der Waals surface area contributed by atoms with Gasteiger partial charge in [0.25, 0.3) is 0 Å². The van der Waals surface area contributed by atoms with Gasteiger partial charge in [0.05, 0.1) is 5.01 Å². The van der Waals surface area contributed by atoms with Crippen molar-refractivity contribution in [3.8, 4) is 0 Å². The van der Waals surface area contributed by atoms with E-state index in [1.54, 1.807) is 30.3 Å². The number of fused-ring (bicyclic) bond motifs is 1. The molecule has 0 bridgehead atoms. The van der Waals surface area contributed by atoms with Crippen LogP contribution in [-0.4, -0.2) is 90.3 Å². The van der Waals surface area contributed by atoms with E-state index in [9.17, 15) is 4.79 Å². The lowest BCUT2D eigenvalue weighted by Gasteiger charge is -2.36. The van der Waals surface area contributed by atoms with E-state index >= 15 is 0 Å². The average Bonchev–Trinajstić information content (AvgIpc) is 3.24. The maximum Gasteiger partial charge on any atom is 0.319 e. The monoisotopic (exact) mass is 575 g/mol. The first-order chi connectivity index (χ1) is 19.7. The molecule has 1 saturated heterocycles. The van der Waals surface area contributed by atoms with Crippen molar-refractivity contribution >= 4 is 44.9 Å². The van der Waals surface area contributed by atoms with Crippen molar-refractivity contribution in [3.63, 3.8) is 0 Å². The molecule has 0 unspecified atom stereocenters. The summed E-state index contributed by atoms with van der Waals surface area (Å²) in [5.41, 5.74) is 5.84. The number of anilines is 2. The maximum atomic E-state index is 11.9. The highest BCUT2D eigenvalue weighted by molar-refractivity contribution is 7.18. The fourth-order valence-electron chi connectivity index (χ4n) is 4.42. The number of hydrogen-bond acceptors (Lipinski definition) is 7. The Morgan fingerprint density at radius 3 is 2.27 bits per heavy atom. The van der Waals surface area contributed by atoms with Crippen LogP contribution in [-0.2, 0) is 0 Å². The van der Waals surface area contributed by atoms with Crippen molar-refractivity contribution in [1.82, 2.24) is 24.7 Å². The second-order valence-electron chi connectivity index (χ2n) is 10.2. The Hall–Kier alpha value is -3.56. The minimum Gasteiger partial charge on any atom is -0.331 e. The van der Waals surface area contributed by atoms with Crippen LogP contribution in [0.5, 0.6) is 0 Å². The van der Waals surface area contributed by atoms with E-state index in [0.29, 0.717) is 0 Å². The van der Waals surface area contributed by atoms with Crippen molar-refractivity contribution in [2.75, 3.05) is 58.8 Å². The van der Waals surface area contributed by atoms with E-state index in [2.05, 4.69) is 75.0 Å². The van der Waals surface area contributed by atoms with Crippen molar-refractivity contribution < 1.29 is 4.79 Å². The molecule has 0 spiro atoms. The molecule has 1 fully saturated rings. The van der Waals surface area contributed by atoms with Crippen LogP contribution in [0.15, 0.2) is 65.3 Å². The van der Waals surface area contributed by atoms with Gasteiger partial charge in [-0.25, -0.2) is 14.8 Å². The Morgan fingerprint density at radius 1 is 0.927 bits per heavy atom. The van der Waals surface area contributed by atoms with Gasteiger partial charge in [0.1, 0.15) is 16.2 Å². The number of carbonyl (C=O) groups is 1. The molecule has 2 aliphatic heterocycles. The fraction of sp³-hybridized carbons (Fsp3) is 0.438. The van der Waals surface area contributed by atoms with E-state index in [-0.39, 0.29) is 6.03 Å². The molecule has 0 aliphatic carbocycles. The highest BCUT2D eigenvalue weighted by atomic mass is 32.1. The Kier molecular flexibility index (Phi) is 12.0. The quantitative estimate of drug-likeness (QED) is 0.347. The zero-order chi connectivity index (χ0) is 29.9.